The van der Waals surface area contributed by atoms with Crippen LogP contribution in [-0.2, 0) is 4.79 Å². The van der Waals surface area contributed by atoms with E-state index in [-0.39, 0.29) is 5.91 Å². The Morgan fingerprint density at radius 1 is 1.50 bits per heavy atom. The van der Waals surface area contributed by atoms with Crippen LogP contribution in [0, 0.1) is 17.2 Å². The number of nitriles is 1. The van der Waals surface area contributed by atoms with Gasteiger partial charge in [0.2, 0.25) is 5.91 Å². The summed E-state index contributed by atoms with van der Waals surface area (Å²) in [6.07, 6.45) is 1.60. The van der Waals surface area contributed by atoms with Crippen LogP contribution in [0.25, 0.3) is 0 Å². The van der Waals surface area contributed by atoms with E-state index in [0.717, 1.165) is 19.5 Å². The Morgan fingerprint density at radius 2 is 2.22 bits per heavy atom. The molecule has 1 saturated heterocycles. The molecule has 1 aromatic carbocycles. The van der Waals surface area contributed by atoms with Crippen LogP contribution in [0.1, 0.15) is 31.2 Å². The van der Waals surface area contributed by atoms with Gasteiger partial charge in [-0.3, -0.25) is 4.79 Å². The van der Waals surface area contributed by atoms with Crippen LogP contribution in [0.2, 0.25) is 0 Å². The van der Waals surface area contributed by atoms with Gasteiger partial charge in [0.05, 0.1) is 6.07 Å². The first kappa shape index (κ1) is 12.6. The highest BCUT2D eigenvalue weighted by Crippen LogP contribution is 2.28. The van der Waals surface area contributed by atoms with E-state index in [1.165, 1.54) is 5.56 Å². The van der Waals surface area contributed by atoms with Crippen molar-refractivity contribution < 1.29 is 4.79 Å². The summed E-state index contributed by atoms with van der Waals surface area (Å²) in [4.78, 5) is 13.9. The molecule has 94 valence electrons. The molecule has 1 fully saturated rings. The molecule has 1 amide bonds. The van der Waals surface area contributed by atoms with Gasteiger partial charge in [0.15, 0.2) is 0 Å². The van der Waals surface area contributed by atoms with E-state index in [4.69, 9.17) is 5.26 Å². The molecule has 1 heterocycles. The summed E-state index contributed by atoms with van der Waals surface area (Å²) in [5, 5.41) is 8.94. The average Bonchev–Trinajstić information content (AvgIpc) is 2.90. The van der Waals surface area contributed by atoms with Gasteiger partial charge in [-0.25, -0.2) is 0 Å². The zero-order chi connectivity index (χ0) is 13.0. The van der Waals surface area contributed by atoms with Gasteiger partial charge in [-0.1, -0.05) is 37.3 Å². The van der Waals surface area contributed by atoms with Gasteiger partial charge < -0.3 is 4.90 Å². The molecule has 18 heavy (non-hydrogen) atoms. The van der Waals surface area contributed by atoms with Crippen molar-refractivity contribution in [3.8, 4) is 6.07 Å². The van der Waals surface area contributed by atoms with E-state index in [9.17, 15) is 4.79 Å². The molecule has 2 unspecified atom stereocenters. The minimum Gasteiger partial charge on any atom is -0.341 e. The van der Waals surface area contributed by atoms with Crippen molar-refractivity contribution in [2.45, 2.75) is 25.7 Å². The Balaban J connectivity index is 2.01. The fraction of sp³-hybridized carbons (Fsp3) is 0.467. The van der Waals surface area contributed by atoms with Crippen LogP contribution in [-0.4, -0.2) is 23.9 Å². The topological polar surface area (TPSA) is 44.1 Å². The number of rotatable bonds is 3. The molecule has 0 bridgehead atoms. The van der Waals surface area contributed by atoms with Crippen LogP contribution in [0.3, 0.4) is 0 Å². The molecule has 3 nitrogen and oxygen atoms in total. The van der Waals surface area contributed by atoms with Crippen LogP contribution < -0.4 is 0 Å². The number of carbonyl (C=O) groups excluding carboxylic acids is 1. The lowest BCUT2D eigenvalue weighted by atomic mass is 9.99. The van der Waals surface area contributed by atoms with Crippen molar-refractivity contribution in [1.82, 2.24) is 4.90 Å². The fourth-order valence-electron chi connectivity index (χ4n) is 2.50. The smallest absolute Gasteiger partial charge is 0.239 e. The van der Waals surface area contributed by atoms with Gasteiger partial charge >= 0.3 is 0 Å². The predicted molar refractivity (Wildman–Crippen MR) is 69.8 cm³/mol. The second-order valence-corrected chi connectivity index (χ2v) is 4.77. The van der Waals surface area contributed by atoms with Crippen LogP contribution >= 0.6 is 0 Å². The molecule has 2 atom stereocenters. The fourth-order valence-corrected chi connectivity index (χ4v) is 2.50. The highest BCUT2D eigenvalue weighted by Gasteiger charge is 2.30. The largest absolute Gasteiger partial charge is 0.341 e. The molecular formula is C15H18N2O. The molecule has 1 aliphatic heterocycles. The van der Waals surface area contributed by atoms with Gasteiger partial charge in [-0.05, 0) is 18.4 Å². The van der Waals surface area contributed by atoms with Crippen molar-refractivity contribution >= 4 is 5.91 Å². The zero-order valence-electron chi connectivity index (χ0n) is 10.7. The molecule has 1 aromatic rings. The number of hydrogen-bond donors (Lipinski definition) is 0. The maximum absolute atomic E-state index is 12.1. The monoisotopic (exact) mass is 242 g/mol. The maximum Gasteiger partial charge on any atom is 0.239 e. The Kier molecular flexibility index (Phi) is 3.99. The lowest BCUT2D eigenvalue weighted by Gasteiger charge is -2.19. The molecule has 0 N–H and O–H groups in total. The first-order chi connectivity index (χ1) is 8.76. The van der Waals surface area contributed by atoms with Crippen LogP contribution in [0.4, 0.5) is 0 Å². The molecule has 0 aliphatic carbocycles. The average molecular weight is 242 g/mol. The standard InChI is InChI=1S/C15H18N2O/c1-2-12(10-16)15(18)17-9-8-14(11-17)13-6-4-3-5-7-13/h3-7,12,14H,2,8-9,11H2,1H3. The molecule has 3 heteroatoms. The van der Waals surface area contributed by atoms with Gasteiger partial charge in [0.25, 0.3) is 0 Å². The summed E-state index contributed by atoms with van der Waals surface area (Å²) in [7, 11) is 0. The van der Waals surface area contributed by atoms with E-state index >= 15 is 0 Å². The molecule has 0 spiro atoms. The molecule has 0 radical (unpaired) electrons. The number of carbonyl (C=O) groups is 1. The minimum absolute atomic E-state index is 0.00145. The van der Waals surface area contributed by atoms with Crippen molar-refractivity contribution in [1.29, 1.82) is 5.26 Å². The van der Waals surface area contributed by atoms with Gasteiger partial charge in [-0.15, -0.1) is 0 Å². The number of benzene rings is 1. The molecule has 0 saturated carbocycles. The van der Waals surface area contributed by atoms with Crippen molar-refractivity contribution in [2.24, 2.45) is 5.92 Å². The zero-order valence-corrected chi connectivity index (χ0v) is 10.7. The summed E-state index contributed by atoms with van der Waals surface area (Å²) in [5.74, 6) is -0.0516. The Morgan fingerprint density at radius 3 is 2.83 bits per heavy atom. The number of likely N-dealkylation sites (tertiary alicyclic amines) is 1. The van der Waals surface area contributed by atoms with Crippen LogP contribution in [0.15, 0.2) is 30.3 Å². The second kappa shape index (κ2) is 5.68. The molecular weight excluding hydrogens is 224 g/mol. The highest BCUT2D eigenvalue weighted by atomic mass is 16.2. The van der Waals surface area contributed by atoms with E-state index in [0.29, 0.717) is 12.3 Å². The lowest BCUT2D eigenvalue weighted by molar-refractivity contribution is -0.132. The van der Waals surface area contributed by atoms with E-state index in [1.807, 2.05) is 30.0 Å². The Bertz CT molecular complexity index is 449. The Hall–Kier alpha value is -1.82. The summed E-state index contributed by atoms with van der Waals surface area (Å²) in [6.45, 7) is 3.41. The van der Waals surface area contributed by atoms with Crippen molar-refractivity contribution in [3.63, 3.8) is 0 Å². The van der Waals surface area contributed by atoms with Crippen molar-refractivity contribution in [2.75, 3.05) is 13.1 Å². The maximum atomic E-state index is 12.1. The SMILES string of the molecule is CCC(C#N)C(=O)N1CCC(c2ccccc2)C1. The first-order valence-corrected chi connectivity index (χ1v) is 6.49. The molecule has 1 aliphatic rings. The highest BCUT2D eigenvalue weighted by molar-refractivity contribution is 5.81. The third kappa shape index (κ3) is 2.53. The molecule has 0 aromatic heterocycles. The summed E-state index contributed by atoms with van der Waals surface area (Å²) in [6, 6.07) is 12.4. The minimum atomic E-state index is -0.473. The summed E-state index contributed by atoms with van der Waals surface area (Å²) >= 11 is 0. The van der Waals surface area contributed by atoms with E-state index in [1.54, 1.807) is 0 Å². The van der Waals surface area contributed by atoms with Crippen molar-refractivity contribution in [3.05, 3.63) is 35.9 Å². The van der Waals surface area contributed by atoms with E-state index < -0.39 is 5.92 Å². The first-order valence-electron chi connectivity index (χ1n) is 6.49. The Labute approximate surface area is 108 Å². The summed E-state index contributed by atoms with van der Waals surface area (Å²) in [5.41, 5.74) is 1.29. The lowest BCUT2D eigenvalue weighted by Crippen LogP contribution is -2.33. The van der Waals surface area contributed by atoms with Gasteiger partial charge in [0.1, 0.15) is 5.92 Å². The number of amides is 1. The van der Waals surface area contributed by atoms with Crippen LogP contribution in [0.5, 0.6) is 0 Å². The second-order valence-electron chi connectivity index (χ2n) is 4.77. The van der Waals surface area contributed by atoms with Gasteiger partial charge in [0, 0.05) is 19.0 Å². The molecule has 2 rings (SSSR count). The number of nitrogens with zero attached hydrogens (tertiary/aromatic N) is 2. The number of hydrogen-bond acceptors (Lipinski definition) is 2. The normalized spacial score (nSPS) is 20.4. The predicted octanol–water partition coefficient (Wildman–Crippen LogP) is 2.55. The summed E-state index contributed by atoms with van der Waals surface area (Å²) < 4.78 is 0. The van der Waals surface area contributed by atoms with Gasteiger partial charge in [-0.2, -0.15) is 5.26 Å². The third-order valence-electron chi connectivity index (χ3n) is 3.63. The quantitative estimate of drug-likeness (QED) is 0.817. The van der Waals surface area contributed by atoms with E-state index in [2.05, 4.69) is 18.2 Å². The third-order valence-corrected chi connectivity index (χ3v) is 3.63.